The first-order chi connectivity index (χ1) is 12.6. The Morgan fingerprint density at radius 2 is 2.00 bits per heavy atom. The number of alkyl halides is 3. The van der Waals surface area contributed by atoms with Crippen LogP contribution in [-0.4, -0.2) is 46.7 Å². The van der Waals surface area contributed by atoms with E-state index in [1.807, 2.05) is 0 Å². The van der Waals surface area contributed by atoms with E-state index in [1.54, 1.807) is 11.8 Å². The highest BCUT2D eigenvalue weighted by Gasteiger charge is 2.43. The van der Waals surface area contributed by atoms with Gasteiger partial charge in [-0.25, -0.2) is 4.79 Å². The molecule has 0 atom stereocenters. The third-order valence-corrected chi connectivity index (χ3v) is 5.41. The summed E-state index contributed by atoms with van der Waals surface area (Å²) in [5, 5.41) is 14.6. The van der Waals surface area contributed by atoms with Gasteiger partial charge in [-0.15, -0.1) is 11.8 Å². The lowest BCUT2D eigenvalue weighted by Crippen LogP contribution is -2.54. The lowest BCUT2D eigenvalue weighted by Gasteiger charge is -2.37. The van der Waals surface area contributed by atoms with Crippen molar-refractivity contribution in [2.24, 2.45) is 0 Å². The number of aromatic nitrogens is 2. The van der Waals surface area contributed by atoms with E-state index < -0.39 is 12.1 Å². The minimum absolute atomic E-state index is 0.0209. The summed E-state index contributed by atoms with van der Waals surface area (Å²) < 4.78 is 37.2. The number of carbonyl (C=O) groups is 1. The number of benzene rings is 1. The minimum Gasteiger partial charge on any atom is -0.475 e. The van der Waals surface area contributed by atoms with Crippen molar-refractivity contribution in [3.8, 4) is 0 Å². The van der Waals surface area contributed by atoms with Crippen LogP contribution in [0.15, 0.2) is 22.7 Å². The fourth-order valence-corrected chi connectivity index (χ4v) is 3.16. The average molecular weight is 403 g/mol. The zero-order valence-corrected chi connectivity index (χ0v) is 15.9. The SMILES string of the molecule is CSC1(c2nc(Cc3cc(C)ccc3C)no2)CNC1.O=C(O)C(F)(F)F. The second kappa shape index (κ2) is 8.30. The van der Waals surface area contributed by atoms with E-state index in [2.05, 4.69) is 53.8 Å². The lowest BCUT2D eigenvalue weighted by atomic mass is 10.0. The Morgan fingerprint density at radius 1 is 1.37 bits per heavy atom. The number of aliphatic carboxylic acids is 1. The molecule has 0 bridgehead atoms. The summed E-state index contributed by atoms with van der Waals surface area (Å²) in [6, 6.07) is 6.47. The monoisotopic (exact) mass is 403 g/mol. The molecule has 0 unspecified atom stereocenters. The van der Waals surface area contributed by atoms with Crippen molar-refractivity contribution < 1.29 is 27.6 Å². The fraction of sp³-hybridized carbons (Fsp3) is 0.471. The summed E-state index contributed by atoms with van der Waals surface area (Å²) in [6.45, 7) is 6.03. The van der Waals surface area contributed by atoms with Gasteiger partial charge in [0.15, 0.2) is 5.82 Å². The minimum atomic E-state index is -5.08. The van der Waals surface area contributed by atoms with Crippen molar-refractivity contribution in [3.63, 3.8) is 0 Å². The molecule has 27 heavy (non-hydrogen) atoms. The van der Waals surface area contributed by atoms with E-state index in [9.17, 15) is 13.2 Å². The Kier molecular flexibility index (Phi) is 6.53. The van der Waals surface area contributed by atoms with Crippen LogP contribution < -0.4 is 5.32 Å². The Hall–Kier alpha value is -2.07. The van der Waals surface area contributed by atoms with Crippen LogP contribution in [0.4, 0.5) is 13.2 Å². The molecule has 0 radical (unpaired) electrons. The van der Waals surface area contributed by atoms with E-state index in [0.29, 0.717) is 0 Å². The number of hydrogen-bond acceptors (Lipinski definition) is 6. The predicted molar refractivity (Wildman–Crippen MR) is 94.8 cm³/mol. The van der Waals surface area contributed by atoms with E-state index in [-0.39, 0.29) is 4.75 Å². The Balaban J connectivity index is 0.000000321. The van der Waals surface area contributed by atoms with Gasteiger partial charge in [-0.2, -0.15) is 18.2 Å². The van der Waals surface area contributed by atoms with Crippen LogP contribution in [0.5, 0.6) is 0 Å². The van der Waals surface area contributed by atoms with Gasteiger partial charge in [0.25, 0.3) is 0 Å². The highest BCUT2D eigenvalue weighted by Crippen LogP contribution is 2.37. The van der Waals surface area contributed by atoms with E-state index in [1.165, 1.54) is 16.7 Å². The fourth-order valence-electron chi connectivity index (χ4n) is 2.41. The molecule has 0 saturated carbocycles. The molecule has 0 spiro atoms. The van der Waals surface area contributed by atoms with Crippen molar-refractivity contribution in [2.45, 2.75) is 31.2 Å². The second-order valence-corrected chi connectivity index (χ2v) is 7.42. The quantitative estimate of drug-likeness (QED) is 0.811. The molecular weight excluding hydrogens is 383 g/mol. The first-order valence-corrected chi connectivity index (χ1v) is 9.25. The molecule has 1 saturated heterocycles. The molecule has 1 fully saturated rings. The van der Waals surface area contributed by atoms with E-state index in [0.717, 1.165) is 31.2 Å². The number of nitrogens with one attached hydrogen (secondary N) is 1. The van der Waals surface area contributed by atoms with Gasteiger partial charge in [0.2, 0.25) is 5.89 Å². The first-order valence-electron chi connectivity index (χ1n) is 8.02. The molecule has 3 rings (SSSR count). The number of halogens is 3. The van der Waals surface area contributed by atoms with Gasteiger partial charge < -0.3 is 14.9 Å². The molecule has 10 heteroatoms. The average Bonchev–Trinajstić information content (AvgIpc) is 2.99. The number of hydrogen-bond donors (Lipinski definition) is 2. The second-order valence-electron chi connectivity index (χ2n) is 6.23. The number of carboxylic acids is 1. The van der Waals surface area contributed by atoms with Crippen LogP contribution in [0.2, 0.25) is 0 Å². The first kappa shape index (κ1) is 21.2. The molecule has 1 aliphatic rings. The highest BCUT2D eigenvalue weighted by molar-refractivity contribution is 7.99. The van der Waals surface area contributed by atoms with Gasteiger partial charge in [0, 0.05) is 19.5 Å². The Labute approximate surface area is 158 Å². The molecular formula is C17H20F3N3O3S. The van der Waals surface area contributed by atoms with Crippen LogP contribution >= 0.6 is 11.8 Å². The van der Waals surface area contributed by atoms with Crippen molar-refractivity contribution in [1.29, 1.82) is 0 Å². The maximum absolute atomic E-state index is 10.6. The highest BCUT2D eigenvalue weighted by atomic mass is 32.2. The summed E-state index contributed by atoms with van der Waals surface area (Å²) in [5.41, 5.74) is 3.80. The molecule has 1 aromatic heterocycles. The molecule has 148 valence electrons. The largest absolute Gasteiger partial charge is 0.490 e. The van der Waals surface area contributed by atoms with E-state index >= 15 is 0 Å². The normalized spacial score (nSPS) is 15.5. The predicted octanol–water partition coefficient (Wildman–Crippen LogP) is 3.07. The molecule has 1 aromatic carbocycles. The van der Waals surface area contributed by atoms with Crippen LogP contribution in [-0.2, 0) is 16.0 Å². The number of aryl methyl sites for hydroxylation is 2. The Morgan fingerprint density at radius 3 is 2.48 bits per heavy atom. The van der Waals surface area contributed by atoms with Crippen molar-refractivity contribution in [2.75, 3.05) is 19.3 Å². The molecule has 0 aliphatic carbocycles. The van der Waals surface area contributed by atoms with Gasteiger partial charge in [0.1, 0.15) is 4.75 Å². The molecule has 2 N–H and O–H groups in total. The van der Waals surface area contributed by atoms with Crippen molar-refractivity contribution >= 4 is 17.7 Å². The summed E-state index contributed by atoms with van der Waals surface area (Å²) in [4.78, 5) is 13.5. The lowest BCUT2D eigenvalue weighted by molar-refractivity contribution is -0.192. The van der Waals surface area contributed by atoms with Crippen molar-refractivity contribution in [3.05, 3.63) is 46.6 Å². The standard InChI is InChI=1S/C15H19N3OS.C2HF3O2/c1-10-4-5-11(2)12(6-10)7-13-17-14(19-18-13)15(20-3)8-16-9-15;3-2(4,5)1(6)7/h4-6,16H,7-9H2,1-3H3;(H,6,7). The molecule has 2 heterocycles. The number of nitrogens with zero attached hydrogens (tertiary/aromatic N) is 2. The number of thioether (sulfide) groups is 1. The number of carboxylic acid groups (broad SMARTS) is 1. The molecule has 6 nitrogen and oxygen atoms in total. The molecule has 2 aromatic rings. The van der Waals surface area contributed by atoms with Gasteiger partial charge in [0.05, 0.1) is 0 Å². The van der Waals surface area contributed by atoms with Crippen LogP contribution in [0.25, 0.3) is 0 Å². The van der Waals surface area contributed by atoms with Crippen LogP contribution in [0.3, 0.4) is 0 Å². The molecule has 0 amide bonds. The van der Waals surface area contributed by atoms with Gasteiger partial charge >= 0.3 is 12.1 Å². The molecule has 1 aliphatic heterocycles. The van der Waals surface area contributed by atoms with E-state index in [4.69, 9.17) is 14.4 Å². The smallest absolute Gasteiger partial charge is 0.475 e. The summed E-state index contributed by atoms with van der Waals surface area (Å²) in [5.74, 6) is -1.23. The third kappa shape index (κ3) is 5.23. The zero-order chi connectivity index (χ0) is 20.2. The summed E-state index contributed by atoms with van der Waals surface area (Å²) in [7, 11) is 0. The summed E-state index contributed by atoms with van der Waals surface area (Å²) >= 11 is 1.78. The maximum atomic E-state index is 10.6. The van der Waals surface area contributed by atoms with Crippen molar-refractivity contribution in [1.82, 2.24) is 15.5 Å². The van der Waals surface area contributed by atoms with Crippen LogP contribution in [0, 0.1) is 13.8 Å². The van der Waals surface area contributed by atoms with Gasteiger partial charge in [-0.1, -0.05) is 28.9 Å². The van der Waals surface area contributed by atoms with Gasteiger partial charge in [-0.3, -0.25) is 0 Å². The maximum Gasteiger partial charge on any atom is 0.490 e. The zero-order valence-electron chi connectivity index (χ0n) is 15.1. The topological polar surface area (TPSA) is 88.3 Å². The summed E-state index contributed by atoms with van der Waals surface area (Å²) in [6.07, 6.45) is -2.26. The number of rotatable bonds is 4. The van der Waals surface area contributed by atoms with Gasteiger partial charge in [-0.05, 0) is 31.2 Å². The third-order valence-electron chi connectivity index (χ3n) is 4.17. The Bertz CT molecular complexity index is 799. The van der Waals surface area contributed by atoms with Crippen LogP contribution in [0.1, 0.15) is 28.4 Å².